The van der Waals surface area contributed by atoms with Crippen LogP contribution in [0.25, 0.3) is 0 Å². The molecule has 0 aliphatic rings. The molecule has 0 bridgehead atoms. The molecule has 0 saturated heterocycles. The molecule has 0 atom stereocenters. The summed E-state index contributed by atoms with van der Waals surface area (Å²) in [4.78, 5) is 36.1. The second kappa shape index (κ2) is 7.62. The number of amides is 1. The summed E-state index contributed by atoms with van der Waals surface area (Å²) >= 11 is 0. The molecule has 114 valence electrons. The molecule has 1 rings (SSSR count). The molecule has 21 heavy (non-hydrogen) atoms. The predicted octanol–water partition coefficient (Wildman–Crippen LogP) is 0.268. The van der Waals surface area contributed by atoms with E-state index >= 15 is 0 Å². The zero-order valence-electron chi connectivity index (χ0n) is 11.2. The number of nitrogens with two attached hydrogens (primary N) is 1. The number of hydrogen-bond acceptors (Lipinski definition) is 7. The molecule has 0 aliphatic heterocycles. The first-order valence-electron chi connectivity index (χ1n) is 5.92. The average Bonchev–Trinajstić information content (AvgIpc) is 2.90. The smallest absolute Gasteiger partial charge is 0.397 e. The van der Waals surface area contributed by atoms with E-state index in [0.717, 1.165) is 6.07 Å². The summed E-state index contributed by atoms with van der Waals surface area (Å²) in [6, 6.07) is 2.34. The molecule has 0 aliphatic carbocycles. The molecule has 0 fully saturated rings. The lowest BCUT2D eigenvalue weighted by Gasteiger charge is -2.00. The second-order valence-electron chi connectivity index (χ2n) is 3.92. The fourth-order valence-corrected chi connectivity index (χ4v) is 1.25. The van der Waals surface area contributed by atoms with Gasteiger partial charge in [-0.05, 0) is 12.5 Å². The minimum Gasteiger partial charge on any atom is -0.397 e. The lowest BCUT2D eigenvalue weighted by Crippen LogP contribution is -2.21. The van der Waals surface area contributed by atoms with Gasteiger partial charge in [-0.15, -0.1) is 0 Å². The van der Waals surface area contributed by atoms with Crippen LogP contribution in [0.4, 0.5) is 5.88 Å². The van der Waals surface area contributed by atoms with Gasteiger partial charge in [0.1, 0.15) is 4.92 Å². The number of hydrogen-bond donors (Lipinski definition) is 2. The van der Waals surface area contributed by atoms with E-state index in [9.17, 15) is 19.7 Å². The van der Waals surface area contributed by atoms with Gasteiger partial charge in [0, 0.05) is 19.9 Å². The maximum absolute atomic E-state index is 11.3. The lowest BCUT2D eigenvalue weighted by molar-refractivity contribution is -0.402. The Morgan fingerprint density at radius 1 is 1.52 bits per heavy atom. The standard InChI is InChI=1S/C11H14N4O6/c1-7(16)13-6-2-3-10(17)21-14-11(12)8-4-5-9(20-8)15(18)19/h4-5H,2-3,6H2,1H3,(H2,12,14)(H,13,16). The third-order valence-corrected chi connectivity index (χ3v) is 2.20. The summed E-state index contributed by atoms with van der Waals surface area (Å²) in [5.74, 6) is -1.70. The molecule has 0 aromatic carbocycles. The highest BCUT2D eigenvalue weighted by Gasteiger charge is 2.14. The zero-order chi connectivity index (χ0) is 15.8. The largest absolute Gasteiger partial charge is 0.433 e. The van der Waals surface area contributed by atoms with Crippen molar-refractivity contribution in [2.45, 2.75) is 19.8 Å². The van der Waals surface area contributed by atoms with Crippen LogP contribution >= 0.6 is 0 Å². The van der Waals surface area contributed by atoms with Crippen LogP contribution < -0.4 is 11.1 Å². The third kappa shape index (κ3) is 5.72. The van der Waals surface area contributed by atoms with Crippen molar-refractivity contribution in [3.63, 3.8) is 0 Å². The molecule has 0 spiro atoms. The van der Waals surface area contributed by atoms with Gasteiger partial charge in [0.25, 0.3) is 0 Å². The summed E-state index contributed by atoms with van der Waals surface area (Å²) < 4.78 is 4.77. The van der Waals surface area contributed by atoms with Crippen LogP contribution in [0.15, 0.2) is 21.7 Å². The lowest BCUT2D eigenvalue weighted by atomic mass is 10.3. The Morgan fingerprint density at radius 3 is 2.81 bits per heavy atom. The van der Waals surface area contributed by atoms with E-state index < -0.39 is 16.8 Å². The van der Waals surface area contributed by atoms with Gasteiger partial charge in [0.05, 0.1) is 6.07 Å². The minimum atomic E-state index is -0.731. The molecule has 3 N–H and O–H groups in total. The number of nitrogens with one attached hydrogen (secondary N) is 1. The number of amidine groups is 1. The topological polar surface area (TPSA) is 150 Å². The maximum Gasteiger partial charge on any atom is 0.433 e. The molecule has 1 aromatic heterocycles. The van der Waals surface area contributed by atoms with Crippen LogP contribution in [0.1, 0.15) is 25.5 Å². The van der Waals surface area contributed by atoms with Crippen LogP contribution in [-0.4, -0.2) is 29.2 Å². The first-order valence-corrected chi connectivity index (χ1v) is 5.92. The van der Waals surface area contributed by atoms with Crippen LogP contribution in [0.5, 0.6) is 0 Å². The maximum atomic E-state index is 11.3. The van der Waals surface area contributed by atoms with Crippen molar-refractivity contribution in [3.8, 4) is 0 Å². The highest BCUT2D eigenvalue weighted by Crippen LogP contribution is 2.15. The Bertz CT molecular complexity index is 565. The van der Waals surface area contributed by atoms with Gasteiger partial charge in [0.15, 0.2) is 5.76 Å². The Morgan fingerprint density at radius 2 is 2.24 bits per heavy atom. The number of carbonyl (C=O) groups is 2. The molecule has 1 heterocycles. The fourth-order valence-electron chi connectivity index (χ4n) is 1.25. The van der Waals surface area contributed by atoms with Crippen molar-refractivity contribution in [2.75, 3.05) is 6.54 Å². The summed E-state index contributed by atoms with van der Waals surface area (Å²) in [6.07, 6.45) is 0.426. The van der Waals surface area contributed by atoms with Crippen molar-refractivity contribution < 1.29 is 23.8 Å². The second-order valence-corrected chi connectivity index (χ2v) is 3.92. The van der Waals surface area contributed by atoms with E-state index in [-0.39, 0.29) is 23.9 Å². The molecule has 0 saturated carbocycles. The zero-order valence-corrected chi connectivity index (χ0v) is 11.2. The normalized spacial score (nSPS) is 11.0. The van der Waals surface area contributed by atoms with Gasteiger partial charge in [-0.2, -0.15) is 0 Å². The molecule has 0 radical (unpaired) electrons. The molecule has 10 heteroatoms. The van der Waals surface area contributed by atoms with Crippen LogP contribution in [0.3, 0.4) is 0 Å². The Kier molecular flexibility index (Phi) is 5.86. The van der Waals surface area contributed by atoms with Crippen LogP contribution in [-0.2, 0) is 14.4 Å². The Hall–Kier alpha value is -2.91. The van der Waals surface area contributed by atoms with E-state index in [0.29, 0.717) is 13.0 Å². The quantitative estimate of drug-likeness (QED) is 0.183. The van der Waals surface area contributed by atoms with Crippen molar-refractivity contribution in [3.05, 3.63) is 28.0 Å². The summed E-state index contributed by atoms with van der Waals surface area (Å²) in [7, 11) is 0. The molecule has 1 aromatic rings. The Balaban J connectivity index is 2.41. The highest BCUT2D eigenvalue weighted by molar-refractivity contribution is 5.95. The number of oxime groups is 1. The number of furan rings is 1. The minimum absolute atomic E-state index is 0.0371. The van der Waals surface area contributed by atoms with E-state index in [4.69, 9.17) is 10.2 Å². The van der Waals surface area contributed by atoms with Crippen LogP contribution in [0.2, 0.25) is 0 Å². The fraction of sp³-hybridized carbons (Fsp3) is 0.364. The third-order valence-electron chi connectivity index (χ3n) is 2.20. The van der Waals surface area contributed by atoms with E-state index in [2.05, 4.69) is 15.3 Å². The number of nitrogens with zero attached hydrogens (tertiary/aromatic N) is 2. The molecular formula is C11H14N4O6. The summed E-state index contributed by atoms with van der Waals surface area (Å²) in [5, 5.41) is 16.3. The molecule has 0 unspecified atom stereocenters. The monoisotopic (exact) mass is 298 g/mol. The first kappa shape index (κ1) is 16.1. The van der Waals surface area contributed by atoms with Gasteiger partial charge in [-0.3, -0.25) is 14.9 Å². The van der Waals surface area contributed by atoms with Gasteiger partial charge < -0.3 is 20.3 Å². The van der Waals surface area contributed by atoms with Gasteiger partial charge >= 0.3 is 11.9 Å². The summed E-state index contributed by atoms with van der Waals surface area (Å²) in [6.45, 7) is 1.71. The van der Waals surface area contributed by atoms with Gasteiger partial charge in [-0.25, -0.2) is 4.79 Å². The SMILES string of the molecule is CC(=O)NCCCC(=O)O/N=C(\N)c1ccc([N+](=O)[O-])o1. The molecule has 10 nitrogen and oxygen atoms in total. The average molecular weight is 298 g/mol. The van der Waals surface area contributed by atoms with Crippen molar-refractivity contribution >= 4 is 23.6 Å². The van der Waals surface area contributed by atoms with Crippen molar-refractivity contribution in [2.24, 2.45) is 10.9 Å². The highest BCUT2D eigenvalue weighted by atomic mass is 16.7. The first-order chi connectivity index (χ1) is 9.90. The number of carbonyl (C=O) groups excluding carboxylic acids is 2. The molecule has 1 amide bonds. The van der Waals surface area contributed by atoms with Gasteiger partial charge in [-0.1, -0.05) is 5.16 Å². The summed E-state index contributed by atoms with van der Waals surface area (Å²) in [5.41, 5.74) is 5.45. The van der Waals surface area contributed by atoms with Gasteiger partial charge in [0.2, 0.25) is 11.7 Å². The molecular weight excluding hydrogens is 284 g/mol. The number of rotatable bonds is 7. The Labute approximate surface area is 119 Å². The van der Waals surface area contributed by atoms with E-state index in [1.165, 1.54) is 13.0 Å². The number of nitro groups is 1. The van der Waals surface area contributed by atoms with Crippen molar-refractivity contribution in [1.82, 2.24) is 5.32 Å². The van der Waals surface area contributed by atoms with E-state index in [1.807, 2.05) is 0 Å². The van der Waals surface area contributed by atoms with Crippen LogP contribution in [0, 0.1) is 10.1 Å². The van der Waals surface area contributed by atoms with E-state index in [1.54, 1.807) is 0 Å². The van der Waals surface area contributed by atoms with Crippen molar-refractivity contribution in [1.29, 1.82) is 0 Å². The predicted molar refractivity (Wildman–Crippen MR) is 70.1 cm³/mol.